The molecule has 6 heterocycles. The van der Waals surface area contributed by atoms with E-state index >= 15 is 0 Å². The third-order valence-corrected chi connectivity index (χ3v) is 19.1. The summed E-state index contributed by atoms with van der Waals surface area (Å²) >= 11 is 3.34. The van der Waals surface area contributed by atoms with E-state index in [0.29, 0.717) is 11.1 Å². The van der Waals surface area contributed by atoms with Gasteiger partial charge in [0, 0.05) is 83.4 Å². The zero-order valence-electron chi connectivity index (χ0n) is 62.6. The monoisotopic (exact) mass is 1090 g/mol. The summed E-state index contributed by atoms with van der Waals surface area (Å²) in [6.07, 6.45) is 0. The molecule has 0 atom stereocenters. The lowest BCUT2D eigenvalue weighted by atomic mass is 9.87. The average molecular weight is 1090 g/mol. The van der Waals surface area contributed by atoms with E-state index < -0.39 is 121 Å². The van der Waals surface area contributed by atoms with E-state index in [0.717, 1.165) is 117 Å². The standard InChI is InChI=1S/C78H44N2S2/c1-5-19-45(20-6-1)51-29-17-30-52(46-21-7-2-8-22-46)71(51)49-35-37-57-65(39-49)79-67-43-60-62-42-64-56-28-14-16-34-70(56)82-78(64)74-58-38-36-50(72-53(47-23-9-3-10-24-47)31-18-32-54(72)48-25-11-4-12-26-48)40-66(58)80(76(62)74)68(60)44-59(67)61-41-63-55-27-13-15-33-69(55)81-77(63)73(57)75(61)79/h1-44H/i1D,2D,3D,4D,5D,6D,7D,8D,9D,10D,11D,12D,19D,20D,21D,22D,23D,24D,25D,26D. The first-order valence-electron chi connectivity index (χ1n) is 36.6. The van der Waals surface area contributed by atoms with Gasteiger partial charge in [-0.05, 0) is 115 Å². The third-order valence-electron chi connectivity index (χ3n) is 16.7. The number of fused-ring (bicyclic) bond motifs is 20. The van der Waals surface area contributed by atoms with Crippen molar-refractivity contribution in [3.63, 3.8) is 0 Å². The Morgan fingerprint density at radius 2 is 0.622 bits per heavy atom. The van der Waals surface area contributed by atoms with Crippen molar-refractivity contribution in [3.05, 3.63) is 266 Å². The van der Waals surface area contributed by atoms with Crippen LogP contribution in [0.4, 0.5) is 0 Å². The van der Waals surface area contributed by atoms with Gasteiger partial charge in [0.05, 0.1) is 60.5 Å². The molecule has 0 radical (unpaired) electrons. The molecular weight excluding hydrogens is 1030 g/mol. The molecule has 0 N–H and O–H groups in total. The van der Waals surface area contributed by atoms with Crippen LogP contribution in [0.15, 0.2) is 266 Å². The van der Waals surface area contributed by atoms with E-state index in [1.165, 1.54) is 0 Å². The molecule has 0 bridgehead atoms. The third kappa shape index (κ3) is 6.07. The molecule has 0 spiro atoms. The van der Waals surface area contributed by atoms with Gasteiger partial charge in [-0.15, -0.1) is 22.7 Å². The molecule has 0 aliphatic heterocycles. The fraction of sp³-hybridized carbons (Fsp3) is 0. The van der Waals surface area contributed by atoms with Crippen molar-refractivity contribution < 1.29 is 27.4 Å². The maximum Gasteiger partial charge on any atom is 0.0635 e. The van der Waals surface area contributed by atoms with Crippen LogP contribution in [0.25, 0.3) is 183 Å². The minimum Gasteiger partial charge on any atom is -0.308 e. The maximum atomic E-state index is 9.33. The van der Waals surface area contributed by atoms with E-state index in [-0.39, 0.29) is 55.6 Å². The molecule has 0 aliphatic carbocycles. The zero-order chi connectivity index (χ0) is 70.7. The molecule has 0 saturated heterocycles. The molecule has 0 fully saturated rings. The van der Waals surface area contributed by atoms with Crippen LogP contribution in [0.3, 0.4) is 0 Å². The first-order chi connectivity index (χ1) is 49.0. The van der Waals surface area contributed by atoms with Crippen molar-refractivity contribution in [3.8, 4) is 66.8 Å². The second-order valence-corrected chi connectivity index (χ2v) is 22.8. The molecule has 378 valence electrons. The van der Waals surface area contributed by atoms with Gasteiger partial charge in [-0.2, -0.15) is 0 Å². The van der Waals surface area contributed by atoms with Crippen LogP contribution in [-0.4, -0.2) is 8.80 Å². The van der Waals surface area contributed by atoms with Gasteiger partial charge in [0.25, 0.3) is 0 Å². The van der Waals surface area contributed by atoms with Crippen molar-refractivity contribution in [1.29, 1.82) is 0 Å². The van der Waals surface area contributed by atoms with Crippen LogP contribution in [0, 0.1) is 0 Å². The summed E-state index contributed by atoms with van der Waals surface area (Å²) in [7, 11) is 0. The topological polar surface area (TPSA) is 8.82 Å². The van der Waals surface area contributed by atoms with Crippen LogP contribution < -0.4 is 0 Å². The summed E-state index contributed by atoms with van der Waals surface area (Å²) in [5.41, 5.74) is 6.54. The summed E-state index contributed by atoms with van der Waals surface area (Å²) in [5, 5.41) is 11.4. The molecule has 4 heteroatoms. The molecule has 6 aromatic heterocycles. The Bertz CT molecular complexity index is 6430. The minimum atomic E-state index is -0.592. The second kappa shape index (κ2) is 16.7. The summed E-state index contributed by atoms with van der Waals surface area (Å²) in [4.78, 5) is 0. The highest BCUT2D eigenvalue weighted by Crippen LogP contribution is 2.53. The van der Waals surface area contributed by atoms with Crippen LogP contribution >= 0.6 is 22.7 Å². The van der Waals surface area contributed by atoms with E-state index in [1.807, 2.05) is 60.7 Å². The molecule has 0 unspecified atom stereocenters. The smallest absolute Gasteiger partial charge is 0.0635 e. The Kier molecular flexibility index (Phi) is 6.11. The lowest BCUT2D eigenvalue weighted by molar-refractivity contribution is 1.36. The number of aromatic nitrogens is 2. The molecule has 0 saturated carbocycles. The van der Waals surface area contributed by atoms with Crippen molar-refractivity contribution >= 4 is 139 Å². The summed E-state index contributed by atoms with van der Waals surface area (Å²) < 4.78 is 188. The fourth-order valence-corrected chi connectivity index (χ4v) is 15.9. The molecule has 2 nitrogen and oxygen atoms in total. The van der Waals surface area contributed by atoms with Gasteiger partial charge < -0.3 is 8.80 Å². The van der Waals surface area contributed by atoms with E-state index in [2.05, 4.69) is 57.3 Å². The minimum absolute atomic E-state index is 0.136. The lowest BCUT2D eigenvalue weighted by Crippen LogP contribution is -1.91. The summed E-state index contributed by atoms with van der Waals surface area (Å²) in [6, 6.07) is 36.1. The second-order valence-electron chi connectivity index (χ2n) is 20.7. The molecule has 19 aromatic rings. The van der Waals surface area contributed by atoms with Gasteiger partial charge >= 0.3 is 0 Å². The number of nitrogens with zero attached hydrogens (tertiary/aromatic N) is 2. The Hall–Kier alpha value is -10.1. The van der Waals surface area contributed by atoms with Crippen molar-refractivity contribution in [1.82, 2.24) is 8.80 Å². The lowest BCUT2D eigenvalue weighted by Gasteiger charge is -2.17. The van der Waals surface area contributed by atoms with E-state index in [9.17, 15) is 11.0 Å². The van der Waals surface area contributed by atoms with Gasteiger partial charge in [-0.3, -0.25) is 0 Å². The number of thiophene rings is 2. The fourth-order valence-electron chi connectivity index (χ4n) is 13.5. The van der Waals surface area contributed by atoms with Gasteiger partial charge in [-0.25, -0.2) is 0 Å². The molecule has 19 rings (SSSR count). The Labute approximate surface area is 506 Å². The van der Waals surface area contributed by atoms with Crippen LogP contribution in [0.5, 0.6) is 0 Å². The average Bonchev–Trinajstić information content (AvgIpc) is 1.50. The summed E-state index contributed by atoms with van der Waals surface area (Å²) in [6.45, 7) is 0. The van der Waals surface area contributed by atoms with Crippen LogP contribution in [-0.2, 0) is 0 Å². The number of hydrogen-bond acceptors (Lipinski definition) is 2. The molecule has 0 amide bonds. The van der Waals surface area contributed by atoms with Crippen molar-refractivity contribution in [2.75, 3.05) is 0 Å². The SMILES string of the molecule is [2H]c1c([2H])c([2H])c(-c2cccc(-c3c([2H])c([2H])c([2H])c([2H])c3[2H])c2-c2ccc3c4c5sc6ccccc6c5cc5c6cc7c(cc6n(c3c2)c54)c2cc3c4ccccc4sc3c3c4ccc(-c5c(-c6c([2H])c([2H])c([2H])c([2H])c6[2H])cccc5-c5c([2H])c([2H])c([2H])c([2H])c5[2H])cc4n7c23)c([2H])c1[2H]. The largest absolute Gasteiger partial charge is 0.308 e. The molecule has 82 heavy (non-hydrogen) atoms. The Morgan fingerprint density at radius 1 is 0.268 bits per heavy atom. The molecular formula is C78H44N2S2. The van der Waals surface area contributed by atoms with Gasteiger partial charge in [0.2, 0.25) is 0 Å². The Balaban J connectivity index is 0.965. The number of rotatable bonds is 6. The zero-order valence-corrected chi connectivity index (χ0v) is 44.2. The van der Waals surface area contributed by atoms with E-state index in [1.54, 1.807) is 59.1 Å². The van der Waals surface area contributed by atoms with Gasteiger partial charge in [-0.1, -0.05) is 218 Å². The predicted molar refractivity (Wildman–Crippen MR) is 354 cm³/mol. The highest BCUT2D eigenvalue weighted by Gasteiger charge is 2.28. The van der Waals surface area contributed by atoms with Crippen LogP contribution in [0.1, 0.15) is 27.4 Å². The normalized spacial score (nSPS) is 15.8. The van der Waals surface area contributed by atoms with E-state index in [4.69, 9.17) is 16.4 Å². The highest BCUT2D eigenvalue weighted by atomic mass is 32.1. The summed E-state index contributed by atoms with van der Waals surface area (Å²) in [5.74, 6) is 0. The first kappa shape index (κ1) is 29.9. The van der Waals surface area contributed by atoms with Gasteiger partial charge in [0.1, 0.15) is 0 Å². The van der Waals surface area contributed by atoms with Crippen molar-refractivity contribution in [2.45, 2.75) is 0 Å². The van der Waals surface area contributed by atoms with Crippen molar-refractivity contribution in [2.24, 2.45) is 0 Å². The van der Waals surface area contributed by atoms with Crippen LogP contribution in [0.2, 0.25) is 0 Å². The molecule has 0 aliphatic rings. The van der Waals surface area contributed by atoms with Gasteiger partial charge in [0.15, 0.2) is 0 Å². The maximum absolute atomic E-state index is 9.33. The quantitative estimate of drug-likeness (QED) is 0.157. The predicted octanol–water partition coefficient (Wildman–Crippen LogP) is 22.7. The molecule has 13 aromatic carbocycles. The number of hydrogen-bond donors (Lipinski definition) is 0. The first-order valence-corrected chi connectivity index (χ1v) is 28.2. The Morgan fingerprint density at radius 3 is 1.00 bits per heavy atom. The number of benzene rings is 13. The highest BCUT2D eigenvalue weighted by molar-refractivity contribution is 7.27.